The predicted molar refractivity (Wildman–Crippen MR) is 98.8 cm³/mol. The third kappa shape index (κ3) is 3.07. The van der Waals surface area contributed by atoms with Crippen LogP contribution in [0.15, 0.2) is 36.4 Å². The Morgan fingerprint density at radius 3 is 2.59 bits per heavy atom. The lowest BCUT2D eigenvalue weighted by Gasteiger charge is -2.34. The van der Waals surface area contributed by atoms with E-state index >= 15 is 0 Å². The highest BCUT2D eigenvalue weighted by Gasteiger charge is 2.25. The highest BCUT2D eigenvalue weighted by atomic mass is 19.1. The van der Waals surface area contributed by atoms with Gasteiger partial charge in [-0.3, -0.25) is 9.20 Å². The van der Waals surface area contributed by atoms with Gasteiger partial charge in [-0.1, -0.05) is 6.07 Å². The molecule has 0 atom stereocenters. The number of aryl methyl sites for hydroxylation is 1. The number of hydrogen-bond acceptors (Lipinski definition) is 5. The van der Waals surface area contributed by atoms with Crippen LogP contribution in [-0.2, 0) is 0 Å². The third-order valence-corrected chi connectivity index (χ3v) is 4.85. The fourth-order valence-electron chi connectivity index (χ4n) is 3.38. The molecule has 0 saturated carbocycles. The van der Waals surface area contributed by atoms with Crippen molar-refractivity contribution in [1.29, 1.82) is 0 Å². The first-order valence-corrected chi connectivity index (χ1v) is 8.77. The Kier molecular flexibility index (Phi) is 4.39. The zero-order valence-electron chi connectivity index (χ0n) is 15.2. The molecular weight excluding hydrogens is 349 g/mol. The number of ether oxygens (including phenoxy) is 1. The van der Waals surface area contributed by atoms with Gasteiger partial charge in [0.2, 0.25) is 5.95 Å². The molecule has 4 rings (SSSR count). The van der Waals surface area contributed by atoms with Gasteiger partial charge in [0.1, 0.15) is 0 Å². The molecule has 27 heavy (non-hydrogen) atoms. The summed E-state index contributed by atoms with van der Waals surface area (Å²) in [6, 6.07) is 10.2. The number of aromatic nitrogens is 3. The standard InChI is InChI=1S/C19H20FN5O2/c1-13-4-3-5-17-21-22-19(25(13)17)24-10-8-23(9-11-24)18(26)14-6-7-16(27-2)15(20)12-14/h3-7,12H,8-11H2,1-2H3. The molecule has 0 N–H and O–H groups in total. The average Bonchev–Trinajstić information content (AvgIpc) is 3.13. The van der Waals surface area contributed by atoms with E-state index in [2.05, 4.69) is 15.1 Å². The fraction of sp³-hybridized carbons (Fsp3) is 0.316. The van der Waals surface area contributed by atoms with E-state index in [0.717, 1.165) is 17.3 Å². The van der Waals surface area contributed by atoms with Gasteiger partial charge in [0, 0.05) is 37.4 Å². The lowest BCUT2D eigenvalue weighted by Crippen LogP contribution is -2.49. The summed E-state index contributed by atoms with van der Waals surface area (Å²) in [4.78, 5) is 16.5. The first-order valence-electron chi connectivity index (χ1n) is 8.77. The van der Waals surface area contributed by atoms with Crippen molar-refractivity contribution < 1.29 is 13.9 Å². The largest absolute Gasteiger partial charge is 0.494 e. The lowest BCUT2D eigenvalue weighted by atomic mass is 10.1. The molecule has 7 nitrogen and oxygen atoms in total. The van der Waals surface area contributed by atoms with Gasteiger partial charge in [0.15, 0.2) is 17.2 Å². The van der Waals surface area contributed by atoms with Crippen LogP contribution in [0.3, 0.4) is 0 Å². The lowest BCUT2D eigenvalue weighted by molar-refractivity contribution is 0.0745. The molecule has 1 fully saturated rings. The van der Waals surface area contributed by atoms with E-state index in [1.165, 1.54) is 19.2 Å². The molecule has 1 saturated heterocycles. The topological polar surface area (TPSA) is 63.0 Å². The molecule has 0 aliphatic carbocycles. The molecule has 1 aromatic carbocycles. The Morgan fingerprint density at radius 1 is 1.11 bits per heavy atom. The Morgan fingerprint density at radius 2 is 1.89 bits per heavy atom. The van der Waals surface area contributed by atoms with Gasteiger partial charge in [-0.25, -0.2) is 4.39 Å². The number of anilines is 1. The van der Waals surface area contributed by atoms with Crippen LogP contribution in [0.25, 0.3) is 5.65 Å². The number of carbonyl (C=O) groups excluding carboxylic acids is 1. The first kappa shape index (κ1) is 17.3. The molecule has 0 unspecified atom stereocenters. The maximum absolute atomic E-state index is 13.9. The number of nitrogens with zero attached hydrogens (tertiary/aromatic N) is 5. The van der Waals surface area contributed by atoms with Crippen molar-refractivity contribution in [3.8, 4) is 5.75 Å². The number of pyridine rings is 1. The monoisotopic (exact) mass is 369 g/mol. The van der Waals surface area contributed by atoms with Crippen LogP contribution >= 0.6 is 0 Å². The van der Waals surface area contributed by atoms with Crippen LogP contribution in [0.1, 0.15) is 16.1 Å². The van der Waals surface area contributed by atoms with E-state index in [1.807, 2.05) is 29.5 Å². The van der Waals surface area contributed by atoms with Crippen LogP contribution in [0.4, 0.5) is 10.3 Å². The number of carbonyl (C=O) groups is 1. The van der Waals surface area contributed by atoms with Gasteiger partial charge in [0.05, 0.1) is 7.11 Å². The summed E-state index contributed by atoms with van der Waals surface area (Å²) in [5.41, 5.74) is 2.18. The van der Waals surface area contributed by atoms with Gasteiger partial charge in [-0.05, 0) is 37.3 Å². The highest BCUT2D eigenvalue weighted by molar-refractivity contribution is 5.94. The number of halogens is 1. The van der Waals surface area contributed by atoms with Crippen LogP contribution < -0.4 is 9.64 Å². The highest BCUT2D eigenvalue weighted by Crippen LogP contribution is 2.21. The summed E-state index contributed by atoms with van der Waals surface area (Å²) in [6.45, 7) is 4.36. The van der Waals surface area contributed by atoms with Crippen molar-refractivity contribution in [2.24, 2.45) is 0 Å². The summed E-state index contributed by atoms with van der Waals surface area (Å²) in [7, 11) is 1.40. The second-order valence-corrected chi connectivity index (χ2v) is 6.49. The van der Waals surface area contributed by atoms with Crippen LogP contribution in [-0.4, -0.2) is 58.7 Å². The SMILES string of the molecule is COc1ccc(C(=O)N2CCN(c3nnc4cccc(C)n34)CC2)cc1F. The molecule has 0 spiro atoms. The number of rotatable bonds is 3. The summed E-state index contributed by atoms with van der Waals surface area (Å²) in [6.07, 6.45) is 0. The summed E-state index contributed by atoms with van der Waals surface area (Å²) in [5, 5.41) is 8.53. The van der Waals surface area contributed by atoms with E-state index in [0.29, 0.717) is 31.7 Å². The molecule has 1 aliphatic rings. The molecule has 1 aliphatic heterocycles. The van der Waals surface area contributed by atoms with Crippen molar-refractivity contribution in [2.75, 3.05) is 38.2 Å². The molecule has 3 heterocycles. The number of amides is 1. The molecule has 0 bridgehead atoms. The minimum absolute atomic E-state index is 0.130. The van der Waals surface area contributed by atoms with Gasteiger partial charge >= 0.3 is 0 Å². The van der Waals surface area contributed by atoms with E-state index in [4.69, 9.17) is 4.74 Å². The molecule has 3 aromatic rings. The van der Waals surface area contributed by atoms with Gasteiger partial charge in [-0.15, -0.1) is 10.2 Å². The van der Waals surface area contributed by atoms with E-state index in [-0.39, 0.29) is 11.7 Å². The van der Waals surface area contributed by atoms with Crippen molar-refractivity contribution in [1.82, 2.24) is 19.5 Å². The van der Waals surface area contributed by atoms with E-state index in [9.17, 15) is 9.18 Å². The van der Waals surface area contributed by atoms with Gasteiger partial charge in [-0.2, -0.15) is 0 Å². The smallest absolute Gasteiger partial charge is 0.254 e. The zero-order valence-corrected chi connectivity index (χ0v) is 15.2. The van der Waals surface area contributed by atoms with Crippen LogP contribution in [0.2, 0.25) is 0 Å². The number of piperazine rings is 1. The molecular formula is C19H20FN5O2. The maximum Gasteiger partial charge on any atom is 0.254 e. The molecule has 8 heteroatoms. The van der Waals surface area contributed by atoms with Crippen molar-refractivity contribution in [2.45, 2.75) is 6.92 Å². The molecule has 2 aromatic heterocycles. The average molecular weight is 369 g/mol. The number of hydrogen-bond donors (Lipinski definition) is 0. The normalized spacial score (nSPS) is 14.6. The summed E-state index contributed by atoms with van der Waals surface area (Å²) in [5.74, 6) is 0.196. The van der Waals surface area contributed by atoms with Crippen LogP contribution in [0, 0.1) is 12.7 Å². The fourth-order valence-corrected chi connectivity index (χ4v) is 3.38. The Hall–Kier alpha value is -3.16. The Bertz CT molecular complexity index is 995. The minimum atomic E-state index is -0.535. The maximum atomic E-state index is 13.9. The van der Waals surface area contributed by atoms with E-state index < -0.39 is 5.82 Å². The summed E-state index contributed by atoms with van der Waals surface area (Å²) < 4.78 is 20.8. The Labute approximate surface area is 156 Å². The van der Waals surface area contributed by atoms with Gasteiger partial charge in [0.25, 0.3) is 5.91 Å². The number of benzene rings is 1. The zero-order chi connectivity index (χ0) is 19.0. The number of fused-ring (bicyclic) bond motifs is 1. The van der Waals surface area contributed by atoms with Gasteiger partial charge < -0.3 is 14.5 Å². The van der Waals surface area contributed by atoms with Crippen molar-refractivity contribution >= 4 is 17.5 Å². The third-order valence-electron chi connectivity index (χ3n) is 4.85. The molecule has 1 amide bonds. The second kappa shape index (κ2) is 6.86. The van der Waals surface area contributed by atoms with Crippen LogP contribution in [0.5, 0.6) is 5.75 Å². The van der Waals surface area contributed by atoms with E-state index in [1.54, 1.807) is 11.0 Å². The van der Waals surface area contributed by atoms with Crippen molar-refractivity contribution in [3.05, 3.63) is 53.5 Å². The first-order chi connectivity index (χ1) is 13.1. The summed E-state index contributed by atoms with van der Waals surface area (Å²) >= 11 is 0. The number of methoxy groups -OCH3 is 1. The molecule has 140 valence electrons. The predicted octanol–water partition coefficient (Wildman–Crippen LogP) is 2.15. The minimum Gasteiger partial charge on any atom is -0.494 e. The second-order valence-electron chi connectivity index (χ2n) is 6.49. The Balaban J connectivity index is 1.48. The van der Waals surface area contributed by atoms with Crippen molar-refractivity contribution in [3.63, 3.8) is 0 Å². The molecule has 0 radical (unpaired) electrons. The quantitative estimate of drug-likeness (QED) is 0.708.